The Morgan fingerprint density at radius 1 is 1.05 bits per heavy atom. The molecule has 0 atom stereocenters. The molecule has 0 radical (unpaired) electrons. The van der Waals surface area contributed by atoms with Gasteiger partial charge in [-0.1, -0.05) is 18.2 Å². The Kier molecular flexibility index (Phi) is 3.71. The van der Waals surface area contributed by atoms with Gasteiger partial charge in [0.25, 0.3) is 0 Å². The lowest BCUT2D eigenvalue weighted by atomic mass is 10.0. The Bertz CT molecular complexity index is 635. The van der Waals surface area contributed by atoms with E-state index >= 15 is 0 Å². The first-order chi connectivity index (χ1) is 9.10. The maximum atomic E-state index is 13.1. The Hall–Kier alpha value is -2.48. The van der Waals surface area contributed by atoms with Crippen molar-refractivity contribution in [1.29, 1.82) is 5.26 Å². The van der Waals surface area contributed by atoms with Gasteiger partial charge in [0.2, 0.25) is 0 Å². The van der Waals surface area contributed by atoms with Crippen molar-refractivity contribution in [3.63, 3.8) is 0 Å². The average Bonchev–Trinajstić information content (AvgIpc) is 2.38. The molecule has 0 saturated carbocycles. The van der Waals surface area contributed by atoms with Crippen LogP contribution in [0, 0.1) is 17.1 Å². The molecule has 0 aliphatic carbocycles. The fourth-order valence-corrected chi connectivity index (χ4v) is 1.66. The third-order valence-corrected chi connectivity index (χ3v) is 2.47. The van der Waals surface area contributed by atoms with Gasteiger partial charge in [-0.15, -0.1) is 0 Å². The van der Waals surface area contributed by atoms with Crippen LogP contribution in [0.2, 0.25) is 0 Å². The van der Waals surface area contributed by atoms with E-state index in [1.54, 1.807) is 12.1 Å². The second-order valence-corrected chi connectivity index (χ2v) is 3.71. The molecule has 96 valence electrons. The van der Waals surface area contributed by atoms with Crippen LogP contribution in [-0.2, 0) is 0 Å². The molecule has 0 aliphatic heterocycles. The smallest absolute Gasteiger partial charge is 0.387 e. The molecule has 5 heteroatoms. The average molecular weight is 263 g/mol. The molecule has 2 rings (SSSR count). The predicted octanol–water partition coefficient (Wildman–Crippen LogP) is 3.97. The normalized spacial score (nSPS) is 10.3. The number of halogens is 3. The lowest BCUT2D eigenvalue weighted by Crippen LogP contribution is -2.03. The lowest BCUT2D eigenvalue weighted by Gasteiger charge is -2.08. The highest BCUT2D eigenvalue weighted by Gasteiger charge is 2.11. The van der Waals surface area contributed by atoms with Crippen LogP contribution in [0.5, 0.6) is 5.75 Å². The molecule has 0 aromatic heterocycles. The van der Waals surface area contributed by atoms with Crippen molar-refractivity contribution in [3.05, 3.63) is 53.8 Å². The number of nitriles is 1. The van der Waals surface area contributed by atoms with Gasteiger partial charge >= 0.3 is 6.61 Å². The maximum Gasteiger partial charge on any atom is 0.387 e. The van der Waals surface area contributed by atoms with E-state index in [1.165, 1.54) is 36.4 Å². The number of nitrogens with zero attached hydrogens (tertiary/aromatic N) is 1. The first kappa shape index (κ1) is 13.0. The third kappa shape index (κ3) is 3.05. The highest BCUT2D eigenvalue weighted by atomic mass is 19.3. The summed E-state index contributed by atoms with van der Waals surface area (Å²) in [5.41, 5.74) is 1.08. The zero-order chi connectivity index (χ0) is 13.8. The first-order valence-electron chi connectivity index (χ1n) is 5.35. The number of hydrogen-bond acceptors (Lipinski definition) is 2. The molecule has 0 spiro atoms. The summed E-state index contributed by atoms with van der Waals surface area (Å²) in [7, 11) is 0. The summed E-state index contributed by atoms with van der Waals surface area (Å²) in [6.07, 6.45) is 0. The Morgan fingerprint density at radius 3 is 2.42 bits per heavy atom. The van der Waals surface area contributed by atoms with Gasteiger partial charge in [-0.3, -0.25) is 0 Å². The molecule has 2 aromatic carbocycles. The van der Waals surface area contributed by atoms with Crippen LogP contribution < -0.4 is 4.74 Å². The van der Waals surface area contributed by atoms with Crippen molar-refractivity contribution in [2.24, 2.45) is 0 Å². The lowest BCUT2D eigenvalue weighted by molar-refractivity contribution is -0.0500. The molecule has 19 heavy (non-hydrogen) atoms. The summed E-state index contributed by atoms with van der Waals surface area (Å²) in [4.78, 5) is 0. The number of ether oxygens (including phenoxy) is 1. The van der Waals surface area contributed by atoms with Crippen molar-refractivity contribution in [2.45, 2.75) is 6.61 Å². The van der Waals surface area contributed by atoms with Crippen LogP contribution >= 0.6 is 0 Å². The predicted molar refractivity (Wildman–Crippen MR) is 63.2 cm³/mol. The molecule has 2 aromatic rings. The molecule has 0 saturated heterocycles. The summed E-state index contributed by atoms with van der Waals surface area (Å²) in [6, 6.07) is 11.7. The monoisotopic (exact) mass is 263 g/mol. The molecule has 0 N–H and O–H groups in total. The van der Waals surface area contributed by atoms with Gasteiger partial charge in [-0.2, -0.15) is 14.0 Å². The fourth-order valence-electron chi connectivity index (χ4n) is 1.66. The summed E-state index contributed by atoms with van der Waals surface area (Å²) in [5.74, 6) is -0.610. The van der Waals surface area contributed by atoms with Gasteiger partial charge in [-0.25, -0.2) is 4.39 Å². The highest BCUT2D eigenvalue weighted by molar-refractivity contribution is 5.67. The molecular formula is C14H8F3NO. The SMILES string of the molecule is N#Cc1cc(-c2cccc(F)c2)ccc1OC(F)F. The minimum Gasteiger partial charge on any atom is -0.433 e. The first-order valence-corrected chi connectivity index (χ1v) is 5.35. The molecular weight excluding hydrogens is 255 g/mol. The standard InChI is InChI=1S/C14H8F3NO/c15-12-3-1-2-9(7-12)10-4-5-13(19-14(16)17)11(6-10)8-18/h1-7,14H. The van der Waals surface area contributed by atoms with E-state index in [2.05, 4.69) is 4.74 Å². The molecule has 0 unspecified atom stereocenters. The van der Waals surface area contributed by atoms with E-state index in [-0.39, 0.29) is 11.3 Å². The molecule has 0 aliphatic rings. The summed E-state index contributed by atoms with van der Waals surface area (Å²) >= 11 is 0. The van der Waals surface area contributed by atoms with Crippen LogP contribution in [0.15, 0.2) is 42.5 Å². The van der Waals surface area contributed by atoms with Crippen LogP contribution in [0.1, 0.15) is 5.56 Å². The Balaban J connectivity index is 2.42. The zero-order valence-corrected chi connectivity index (χ0v) is 9.61. The second-order valence-electron chi connectivity index (χ2n) is 3.71. The minimum atomic E-state index is -2.99. The summed E-state index contributed by atoms with van der Waals surface area (Å²) < 4.78 is 41.6. The van der Waals surface area contributed by atoms with Gasteiger partial charge in [-0.05, 0) is 35.4 Å². The van der Waals surface area contributed by atoms with Crippen LogP contribution in [0.4, 0.5) is 13.2 Å². The summed E-state index contributed by atoms with van der Waals surface area (Å²) in [6.45, 7) is -2.99. The quantitative estimate of drug-likeness (QED) is 0.839. The van der Waals surface area contributed by atoms with Crippen LogP contribution in [0.25, 0.3) is 11.1 Å². The zero-order valence-electron chi connectivity index (χ0n) is 9.61. The van der Waals surface area contributed by atoms with Crippen molar-refractivity contribution < 1.29 is 17.9 Å². The number of benzene rings is 2. The topological polar surface area (TPSA) is 33.0 Å². The van der Waals surface area contributed by atoms with Gasteiger partial charge in [0.15, 0.2) is 0 Å². The Morgan fingerprint density at radius 2 is 1.79 bits per heavy atom. The van der Waals surface area contributed by atoms with E-state index in [9.17, 15) is 13.2 Å². The van der Waals surface area contributed by atoms with Crippen LogP contribution in [-0.4, -0.2) is 6.61 Å². The van der Waals surface area contributed by atoms with E-state index in [0.717, 1.165) is 0 Å². The molecule has 0 bridgehead atoms. The molecule has 2 nitrogen and oxygen atoms in total. The van der Waals surface area contributed by atoms with Crippen molar-refractivity contribution in [3.8, 4) is 22.9 Å². The Labute approximate surface area is 107 Å². The van der Waals surface area contributed by atoms with Crippen molar-refractivity contribution in [1.82, 2.24) is 0 Å². The maximum absolute atomic E-state index is 13.1. The number of alkyl halides is 2. The molecule has 0 heterocycles. The van der Waals surface area contributed by atoms with Gasteiger partial charge in [0, 0.05) is 0 Å². The van der Waals surface area contributed by atoms with E-state index < -0.39 is 12.4 Å². The van der Waals surface area contributed by atoms with Crippen molar-refractivity contribution >= 4 is 0 Å². The van der Waals surface area contributed by atoms with E-state index in [0.29, 0.717) is 11.1 Å². The van der Waals surface area contributed by atoms with Gasteiger partial charge in [0.1, 0.15) is 17.6 Å². The van der Waals surface area contributed by atoms with Gasteiger partial charge < -0.3 is 4.74 Å². The summed E-state index contributed by atoms with van der Waals surface area (Å²) in [5, 5.41) is 8.91. The molecule has 0 amide bonds. The van der Waals surface area contributed by atoms with Gasteiger partial charge in [0.05, 0.1) is 5.56 Å². The fraction of sp³-hybridized carbons (Fsp3) is 0.0714. The number of rotatable bonds is 3. The van der Waals surface area contributed by atoms with E-state index in [1.807, 2.05) is 0 Å². The minimum absolute atomic E-state index is 0.0259. The van der Waals surface area contributed by atoms with E-state index in [4.69, 9.17) is 5.26 Å². The third-order valence-electron chi connectivity index (χ3n) is 2.47. The molecule has 0 fully saturated rings. The highest BCUT2D eigenvalue weighted by Crippen LogP contribution is 2.27. The largest absolute Gasteiger partial charge is 0.433 e. The second kappa shape index (κ2) is 5.44. The van der Waals surface area contributed by atoms with Crippen molar-refractivity contribution in [2.75, 3.05) is 0 Å². The number of hydrogen-bond donors (Lipinski definition) is 0. The van der Waals surface area contributed by atoms with Crippen LogP contribution in [0.3, 0.4) is 0 Å².